The molecule has 0 amide bonds. The quantitative estimate of drug-likeness (QED) is 0.741. The van der Waals surface area contributed by atoms with Gasteiger partial charge < -0.3 is 4.90 Å². The molecule has 0 fully saturated rings. The van der Waals surface area contributed by atoms with E-state index in [1.165, 1.54) is 16.3 Å². The zero-order valence-electron chi connectivity index (χ0n) is 9.60. The summed E-state index contributed by atoms with van der Waals surface area (Å²) in [5.41, 5.74) is 2.97. The molecule has 1 aromatic rings. The molecule has 0 N–H and O–H groups in total. The molecule has 1 unspecified atom stereocenters. The number of benzene rings is 1. The maximum Gasteiger partial charge on any atom is 0.159 e. The summed E-state index contributed by atoms with van der Waals surface area (Å²) in [4.78, 5) is 7.09. The molecule has 0 radical (unpaired) electrons. The van der Waals surface area contributed by atoms with Gasteiger partial charge in [-0.3, -0.25) is 4.99 Å². The van der Waals surface area contributed by atoms with Gasteiger partial charge in [-0.15, -0.1) is 0 Å². The third-order valence-electron chi connectivity index (χ3n) is 3.28. The summed E-state index contributed by atoms with van der Waals surface area (Å²) in [6.45, 7) is 3.10. The first kappa shape index (κ1) is 11.6. The normalized spacial score (nSPS) is 23.5. The molecule has 0 bridgehead atoms. The zero-order chi connectivity index (χ0) is 11.7. The van der Waals surface area contributed by atoms with Crippen LogP contribution in [0.1, 0.15) is 11.1 Å². The highest BCUT2D eigenvalue weighted by Crippen LogP contribution is 2.28. The minimum Gasteiger partial charge on any atom is -0.347 e. The van der Waals surface area contributed by atoms with E-state index in [9.17, 15) is 0 Å². The lowest BCUT2D eigenvalue weighted by Gasteiger charge is -2.30. The van der Waals surface area contributed by atoms with E-state index < -0.39 is 0 Å². The van der Waals surface area contributed by atoms with Crippen molar-refractivity contribution in [3.05, 3.63) is 35.4 Å². The van der Waals surface area contributed by atoms with E-state index >= 15 is 0 Å². The fourth-order valence-corrected chi connectivity index (χ4v) is 3.88. The van der Waals surface area contributed by atoms with E-state index in [2.05, 4.69) is 50.1 Å². The van der Waals surface area contributed by atoms with Gasteiger partial charge in [0.05, 0.1) is 6.54 Å². The standard InChI is InChI=1S/C13H15BrN2S/c14-7-12-8-15-13(17-12)16-6-5-10-3-1-2-4-11(10)9-16/h1-4,12H,5-9H2. The van der Waals surface area contributed by atoms with Crippen LogP contribution in [0.15, 0.2) is 29.3 Å². The molecule has 0 spiro atoms. The lowest BCUT2D eigenvalue weighted by molar-refractivity contribution is 0.401. The molecule has 0 saturated carbocycles. The van der Waals surface area contributed by atoms with Crippen LogP contribution in [0.3, 0.4) is 0 Å². The van der Waals surface area contributed by atoms with Gasteiger partial charge in [-0.1, -0.05) is 52.0 Å². The Labute approximate surface area is 115 Å². The smallest absolute Gasteiger partial charge is 0.159 e. The molecule has 0 aliphatic carbocycles. The number of halogens is 1. The van der Waals surface area contributed by atoms with Crippen molar-refractivity contribution in [3.8, 4) is 0 Å². The summed E-state index contributed by atoms with van der Waals surface area (Å²) in [6, 6.07) is 8.76. The SMILES string of the molecule is BrCC1CN=C(N2CCc3ccccc3C2)S1. The van der Waals surface area contributed by atoms with Crippen molar-refractivity contribution < 1.29 is 0 Å². The number of alkyl halides is 1. The van der Waals surface area contributed by atoms with Gasteiger partial charge >= 0.3 is 0 Å². The van der Waals surface area contributed by atoms with E-state index in [0.29, 0.717) is 5.25 Å². The highest BCUT2D eigenvalue weighted by atomic mass is 79.9. The molecule has 2 nitrogen and oxygen atoms in total. The largest absolute Gasteiger partial charge is 0.347 e. The average molecular weight is 311 g/mol. The van der Waals surface area contributed by atoms with Crippen molar-refractivity contribution in [1.29, 1.82) is 0 Å². The second-order valence-corrected chi connectivity index (χ2v) is 6.37. The van der Waals surface area contributed by atoms with Crippen molar-refractivity contribution in [2.45, 2.75) is 18.2 Å². The molecule has 3 rings (SSSR count). The molecular formula is C13H15BrN2S. The first-order valence-corrected chi connectivity index (χ1v) is 7.96. The molecule has 2 aliphatic rings. The minimum atomic E-state index is 0.627. The van der Waals surface area contributed by atoms with Crippen LogP contribution in [-0.2, 0) is 13.0 Å². The van der Waals surface area contributed by atoms with E-state index in [-0.39, 0.29) is 0 Å². The predicted octanol–water partition coefficient (Wildman–Crippen LogP) is 2.91. The van der Waals surface area contributed by atoms with Crippen LogP contribution < -0.4 is 0 Å². The first-order chi connectivity index (χ1) is 8.36. The molecule has 4 heteroatoms. The molecule has 2 heterocycles. The number of nitrogens with zero attached hydrogens (tertiary/aromatic N) is 2. The summed E-state index contributed by atoms with van der Waals surface area (Å²) in [7, 11) is 0. The second-order valence-electron chi connectivity index (χ2n) is 4.46. The van der Waals surface area contributed by atoms with E-state index in [4.69, 9.17) is 0 Å². The van der Waals surface area contributed by atoms with Crippen LogP contribution in [0, 0.1) is 0 Å². The number of hydrogen-bond acceptors (Lipinski definition) is 3. The van der Waals surface area contributed by atoms with Gasteiger partial charge in [0.25, 0.3) is 0 Å². The third-order valence-corrected chi connectivity index (χ3v) is 5.73. The number of fused-ring (bicyclic) bond motifs is 1. The molecule has 1 aromatic carbocycles. The van der Waals surface area contributed by atoms with Gasteiger partial charge in [-0.25, -0.2) is 0 Å². The third kappa shape index (κ3) is 2.38. The summed E-state index contributed by atoms with van der Waals surface area (Å²) < 4.78 is 0. The van der Waals surface area contributed by atoms with Gasteiger partial charge in [0.2, 0.25) is 0 Å². The van der Waals surface area contributed by atoms with Crippen molar-refractivity contribution in [3.63, 3.8) is 0 Å². The zero-order valence-corrected chi connectivity index (χ0v) is 12.0. The summed E-state index contributed by atoms with van der Waals surface area (Å²) in [5, 5.41) is 2.90. The molecule has 0 aromatic heterocycles. The topological polar surface area (TPSA) is 15.6 Å². The fourth-order valence-electron chi connectivity index (χ4n) is 2.32. The number of amidine groups is 1. The molecule has 2 aliphatic heterocycles. The van der Waals surface area contributed by atoms with Crippen molar-refractivity contribution in [1.82, 2.24) is 4.90 Å². The number of aliphatic imine (C=N–C) groups is 1. The molecular weight excluding hydrogens is 296 g/mol. The Kier molecular flexibility index (Phi) is 3.43. The fraction of sp³-hybridized carbons (Fsp3) is 0.462. The Morgan fingerprint density at radius 1 is 1.35 bits per heavy atom. The lowest BCUT2D eigenvalue weighted by atomic mass is 10.0. The van der Waals surface area contributed by atoms with Gasteiger partial charge in [0.15, 0.2) is 5.17 Å². The maximum absolute atomic E-state index is 4.66. The average Bonchev–Trinajstić information content (AvgIpc) is 2.87. The van der Waals surface area contributed by atoms with Crippen molar-refractivity contribution >= 4 is 32.9 Å². The Morgan fingerprint density at radius 2 is 2.18 bits per heavy atom. The van der Waals surface area contributed by atoms with Gasteiger partial charge in [-0.05, 0) is 17.5 Å². The second kappa shape index (κ2) is 5.02. The first-order valence-electron chi connectivity index (χ1n) is 5.95. The van der Waals surface area contributed by atoms with Crippen molar-refractivity contribution in [2.24, 2.45) is 4.99 Å². The number of rotatable bonds is 1. The van der Waals surface area contributed by atoms with Crippen LogP contribution in [0.2, 0.25) is 0 Å². The van der Waals surface area contributed by atoms with Gasteiger partial charge in [-0.2, -0.15) is 0 Å². The molecule has 0 saturated heterocycles. The Bertz CT molecular complexity index is 447. The minimum absolute atomic E-state index is 0.627. The Morgan fingerprint density at radius 3 is 2.94 bits per heavy atom. The van der Waals surface area contributed by atoms with Gasteiger partial charge in [0, 0.05) is 23.7 Å². The molecule has 17 heavy (non-hydrogen) atoms. The van der Waals surface area contributed by atoms with Gasteiger partial charge in [0.1, 0.15) is 0 Å². The Balaban J connectivity index is 1.73. The van der Waals surface area contributed by atoms with E-state index in [1.807, 2.05) is 11.8 Å². The highest BCUT2D eigenvalue weighted by molar-refractivity contribution is 9.09. The van der Waals surface area contributed by atoms with Crippen LogP contribution in [0.25, 0.3) is 0 Å². The monoisotopic (exact) mass is 310 g/mol. The maximum atomic E-state index is 4.66. The van der Waals surface area contributed by atoms with E-state index in [0.717, 1.165) is 31.4 Å². The van der Waals surface area contributed by atoms with Crippen molar-refractivity contribution in [2.75, 3.05) is 18.4 Å². The highest BCUT2D eigenvalue weighted by Gasteiger charge is 2.25. The lowest BCUT2D eigenvalue weighted by Crippen LogP contribution is -2.33. The van der Waals surface area contributed by atoms with Crippen LogP contribution in [0.5, 0.6) is 0 Å². The summed E-state index contributed by atoms with van der Waals surface area (Å²) in [6.07, 6.45) is 1.15. The number of thioether (sulfide) groups is 1. The predicted molar refractivity (Wildman–Crippen MR) is 78.0 cm³/mol. The number of hydrogen-bond donors (Lipinski definition) is 0. The van der Waals surface area contributed by atoms with Crippen LogP contribution >= 0.6 is 27.7 Å². The molecule has 90 valence electrons. The van der Waals surface area contributed by atoms with E-state index in [1.54, 1.807) is 0 Å². The van der Waals surface area contributed by atoms with Crippen LogP contribution in [-0.4, -0.2) is 33.7 Å². The summed E-state index contributed by atoms with van der Waals surface area (Å²) in [5.74, 6) is 0. The molecule has 1 atom stereocenters. The Hall–Kier alpha value is -0.480. The summed E-state index contributed by atoms with van der Waals surface area (Å²) >= 11 is 5.46. The van der Waals surface area contributed by atoms with Crippen LogP contribution in [0.4, 0.5) is 0 Å².